The molecule has 12 heteroatoms. The molecule has 0 spiro atoms. The second-order valence-electron chi connectivity index (χ2n) is 9.94. The number of anilines is 2. The van der Waals surface area contributed by atoms with Gasteiger partial charge < -0.3 is 15.5 Å². The van der Waals surface area contributed by atoms with E-state index in [1.54, 1.807) is 24.3 Å². The summed E-state index contributed by atoms with van der Waals surface area (Å²) in [5.74, 6) is -2.16. The van der Waals surface area contributed by atoms with Crippen LogP contribution in [0, 0.1) is 0 Å². The number of rotatable bonds is 8. The van der Waals surface area contributed by atoms with Gasteiger partial charge in [0.15, 0.2) is 0 Å². The van der Waals surface area contributed by atoms with Gasteiger partial charge in [0.2, 0.25) is 0 Å². The van der Waals surface area contributed by atoms with Crippen LogP contribution < -0.4 is 10.6 Å². The maximum absolute atomic E-state index is 13.2. The highest BCUT2D eigenvalue weighted by molar-refractivity contribution is 6.06. The lowest BCUT2D eigenvalue weighted by atomic mass is 10.1. The molecule has 0 aromatic heterocycles. The number of alkyl halides is 6. The van der Waals surface area contributed by atoms with Gasteiger partial charge in [-0.1, -0.05) is 43.0 Å². The molecule has 0 aliphatic rings. The van der Waals surface area contributed by atoms with Crippen molar-refractivity contribution in [3.63, 3.8) is 0 Å². The first-order valence-corrected chi connectivity index (χ1v) is 13.2. The Morgan fingerprint density at radius 1 is 0.711 bits per heavy atom. The average molecular weight is 626 g/mol. The van der Waals surface area contributed by atoms with Crippen molar-refractivity contribution in [2.75, 3.05) is 17.7 Å². The van der Waals surface area contributed by atoms with E-state index in [4.69, 9.17) is 0 Å². The van der Waals surface area contributed by atoms with Crippen molar-refractivity contribution in [1.82, 2.24) is 4.90 Å². The van der Waals surface area contributed by atoms with Crippen LogP contribution in [0.1, 0.15) is 53.3 Å². The number of nitrogens with one attached hydrogen (secondary N) is 2. The number of nitrogens with zero attached hydrogens (tertiary/aromatic N) is 1. The van der Waals surface area contributed by atoms with Crippen LogP contribution in [0.2, 0.25) is 0 Å². The van der Waals surface area contributed by atoms with Crippen LogP contribution in [0.4, 0.5) is 37.7 Å². The van der Waals surface area contributed by atoms with Crippen LogP contribution in [0.25, 0.3) is 6.08 Å². The maximum atomic E-state index is 13.2. The van der Waals surface area contributed by atoms with Crippen LogP contribution in [0.3, 0.4) is 0 Å². The summed E-state index contributed by atoms with van der Waals surface area (Å²) >= 11 is 0. The molecule has 0 aliphatic heterocycles. The number of carbonyl (C=O) groups excluding carboxylic acids is 3. The van der Waals surface area contributed by atoms with Gasteiger partial charge in [-0.3, -0.25) is 14.4 Å². The monoisotopic (exact) mass is 625 g/mol. The van der Waals surface area contributed by atoms with Gasteiger partial charge in [-0.25, -0.2) is 0 Å². The fourth-order valence-corrected chi connectivity index (χ4v) is 4.43. The van der Waals surface area contributed by atoms with E-state index in [9.17, 15) is 40.7 Å². The molecule has 232 valence electrons. The summed E-state index contributed by atoms with van der Waals surface area (Å²) in [5.41, 5.74) is -1.23. The van der Waals surface area contributed by atoms with E-state index in [2.05, 4.69) is 17.2 Å². The Bertz CT molecular complexity index is 1680. The second kappa shape index (κ2) is 13.1. The fraction of sp³-hybridized carbons (Fsp3) is 0.121. The van der Waals surface area contributed by atoms with Gasteiger partial charge in [-0.05, 0) is 71.8 Å². The van der Waals surface area contributed by atoms with Gasteiger partial charge in [0, 0.05) is 41.7 Å². The molecule has 0 heterocycles. The molecule has 0 saturated heterocycles. The Balaban J connectivity index is 1.66. The van der Waals surface area contributed by atoms with Crippen LogP contribution in [-0.4, -0.2) is 29.7 Å². The summed E-state index contributed by atoms with van der Waals surface area (Å²) in [4.78, 5) is 40.4. The Hall–Kier alpha value is -5.39. The molecule has 4 rings (SSSR count). The highest BCUT2D eigenvalue weighted by atomic mass is 19.4. The zero-order chi connectivity index (χ0) is 32.9. The predicted octanol–water partition coefficient (Wildman–Crippen LogP) is 8.14. The number of hydrogen-bond donors (Lipinski definition) is 2. The molecule has 0 bridgehead atoms. The summed E-state index contributed by atoms with van der Waals surface area (Å²) in [6, 6.07) is 18.5. The lowest BCUT2D eigenvalue weighted by molar-refractivity contribution is -0.138. The van der Waals surface area contributed by atoms with E-state index in [1.165, 1.54) is 48.4 Å². The standard InChI is InChI=1S/C33H25F6N3O3/c1-3-21-8-4-5-13-28(21)31(45)42(2)19-20-14-26(40-29(43)22-9-6-11-24(16-22)32(34,35)36)18-27(15-20)41-30(44)23-10-7-12-25(17-23)33(37,38)39/h3-18H,1,19H2,2H3,(H,40,43)(H,41,44). The first kappa shape index (κ1) is 32.5. The lowest BCUT2D eigenvalue weighted by Crippen LogP contribution is -2.27. The van der Waals surface area contributed by atoms with Crippen molar-refractivity contribution >= 4 is 35.2 Å². The summed E-state index contributed by atoms with van der Waals surface area (Å²) < 4.78 is 79.2. The van der Waals surface area contributed by atoms with Crippen molar-refractivity contribution in [3.8, 4) is 0 Å². The number of amides is 3. The lowest BCUT2D eigenvalue weighted by Gasteiger charge is -2.20. The SMILES string of the molecule is C=Cc1ccccc1C(=O)N(C)Cc1cc(NC(=O)c2cccc(C(F)(F)F)c2)cc(NC(=O)c2cccc(C(F)(F)F)c2)c1. The average Bonchev–Trinajstić information content (AvgIpc) is 2.99. The molecule has 3 amide bonds. The third-order valence-electron chi connectivity index (χ3n) is 6.59. The smallest absolute Gasteiger partial charge is 0.337 e. The summed E-state index contributed by atoms with van der Waals surface area (Å²) in [7, 11) is 1.51. The number of carbonyl (C=O) groups is 3. The summed E-state index contributed by atoms with van der Waals surface area (Å²) in [5, 5.41) is 4.98. The molecule has 0 aliphatic carbocycles. The number of halogens is 6. The minimum absolute atomic E-state index is 0.0431. The Kier molecular flexibility index (Phi) is 9.46. The normalized spacial score (nSPS) is 11.4. The van der Waals surface area contributed by atoms with Crippen LogP contribution in [0.5, 0.6) is 0 Å². The number of benzene rings is 4. The van der Waals surface area contributed by atoms with E-state index in [0.29, 0.717) is 28.8 Å². The van der Waals surface area contributed by atoms with Crippen LogP contribution in [0.15, 0.2) is 97.6 Å². The molecule has 0 unspecified atom stereocenters. The highest BCUT2D eigenvalue weighted by Gasteiger charge is 2.32. The van der Waals surface area contributed by atoms with E-state index in [-0.39, 0.29) is 35.0 Å². The predicted molar refractivity (Wildman–Crippen MR) is 158 cm³/mol. The molecule has 0 fully saturated rings. The molecule has 2 N–H and O–H groups in total. The Morgan fingerprint density at radius 2 is 1.20 bits per heavy atom. The minimum atomic E-state index is -4.68. The first-order chi connectivity index (χ1) is 21.2. The largest absolute Gasteiger partial charge is 0.416 e. The van der Waals surface area contributed by atoms with Gasteiger partial charge in [0.05, 0.1) is 11.1 Å². The van der Waals surface area contributed by atoms with E-state index in [1.807, 2.05) is 0 Å². The quantitative estimate of drug-likeness (QED) is 0.194. The van der Waals surface area contributed by atoms with Gasteiger partial charge in [-0.2, -0.15) is 26.3 Å². The topological polar surface area (TPSA) is 78.5 Å². The Morgan fingerprint density at radius 3 is 1.67 bits per heavy atom. The molecule has 0 atom stereocenters. The van der Waals surface area contributed by atoms with Crippen molar-refractivity contribution < 1.29 is 40.7 Å². The van der Waals surface area contributed by atoms with E-state index < -0.39 is 35.3 Å². The van der Waals surface area contributed by atoms with Crippen molar-refractivity contribution in [2.24, 2.45) is 0 Å². The molecular weight excluding hydrogens is 600 g/mol. The maximum Gasteiger partial charge on any atom is 0.416 e. The van der Waals surface area contributed by atoms with Gasteiger partial charge in [-0.15, -0.1) is 0 Å². The molecule has 0 saturated carbocycles. The Labute approximate surface area is 254 Å². The van der Waals surface area contributed by atoms with Crippen LogP contribution >= 0.6 is 0 Å². The van der Waals surface area contributed by atoms with Crippen molar-refractivity contribution in [2.45, 2.75) is 18.9 Å². The summed E-state index contributed by atoms with van der Waals surface area (Å²) in [6.07, 6.45) is -7.84. The highest BCUT2D eigenvalue weighted by Crippen LogP contribution is 2.31. The van der Waals surface area contributed by atoms with E-state index in [0.717, 1.165) is 24.3 Å². The summed E-state index contributed by atoms with van der Waals surface area (Å²) in [6.45, 7) is 3.66. The molecule has 45 heavy (non-hydrogen) atoms. The van der Waals surface area contributed by atoms with Crippen molar-refractivity contribution in [3.05, 3.63) is 137 Å². The van der Waals surface area contributed by atoms with Crippen molar-refractivity contribution in [1.29, 1.82) is 0 Å². The molecule has 4 aromatic carbocycles. The number of hydrogen-bond acceptors (Lipinski definition) is 3. The van der Waals surface area contributed by atoms with Gasteiger partial charge in [0.25, 0.3) is 17.7 Å². The third kappa shape index (κ3) is 8.17. The molecule has 6 nitrogen and oxygen atoms in total. The first-order valence-electron chi connectivity index (χ1n) is 13.2. The zero-order valence-electron chi connectivity index (χ0n) is 23.6. The molecular formula is C33H25F6N3O3. The molecule has 0 radical (unpaired) electrons. The molecule has 4 aromatic rings. The van der Waals surface area contributed by atoms with Crippen LogP contribution in [-0.2, 0) is 18.9 Å². The van der Waals surface area contributed by atoms with Gasteiger partial charge >= 0.3 is 12.4 Å². The third-order valence-corrected chi connectivity index (χ3v) is 6.59. The van der Waals surface area contributed by atoms with Gasteiger partial charge in [0.1, 0.15) is 0 Å². The van der Waals surface area contributed by atoms with E-state index >= 15 is 0 Å². The fourth-order valence-electron chi connectivity index (χ4n) is 4.43. The second-order valence-corrected chi connectivity index (χ2v) is 9.94. The zero-order valence-corrected chi connectivity index (χ0v) is 23.6. The minimum Gasteiger partial charge on any atom is -0.337 e.